The van der Waals surface area contributed by atoms with Crippen LogP contribution >= 0.6 is 0 Å². The molecule has 1 aromatic heterocycles. The molecular weight excluding hydrogens is 236 g/mol. The highest BCUT2D eigenvalue weighted by Crippen LogP contribution is 2.05. The lowest BCUT2D eigenvalue weighted by Gasteiger charge is -2.00. The maximum Gasteiger partial charge on any atom is 0.341 e. The van der Waals surface area contributed by atoms with Crippen molar-refractivity contribution in [1.29, 1.82) is 0 Å². The van der Waals surface area contributed by atoms with Crippen LogP contribution in [0.4, 0.5) is 0 Å². The Labute approximate surface area is 106 Å². The molecule has 0 atom stereocenters. The summed E-state index contributed by atoms with van der Waals surface area (Å²) in [4.78, 5) is 21.7. The van der Waals surface area contributed by atoms with E-state index < -0.39 is 5.97 Å². The number of aryl methyl sites for hydroxylation is 1. The highest BCUT2D eigenvalue weighted by Gasteiger charge is 2.08. The summed E-state index contributed by atoms with van der Waals surface area (Å²) in [6.45, 7) is 2.78. The Bertz CT molecular complexity index is 401. The molecule has 0 spiro atoms. The van der Waals surface area contributed by atoms with Gasteiger partial charge in [-0.15, -0.1) is 0 Å². The molecule has 0 aromatic carbocycles. The van der Waals surface area contributed by atoms with Crippen molar-refractivity contribution in [3.63, 3.8) is 0 Å². The third-order valence-corrected chi connectivity index (χ3v) is 2.42. The average Bonchev–Trinajstić information content (AvgIpc) is 2.77. The topological polar surface area (TPSA) is 81.4 Å². The average molecular weight is 254 g/mol. The number of esters is 1. The summed E-state index contributed by atoms with van der Waals surface area (Å²) in [5.41, 5.74) is 0.447. The van der Waals surface area contributed by atoms with E-state index in [0.29, 0.717) is 25.1 Å². The van der Waals surface area contributed by atoms with Crippen LogP contribution in [0.2, 0.25) is 0 Å². The molecule has 0 aliphatic rings. The molecule has 18 heavy (non-hydrogen) atoms. The number of carbonyl (C=O) groups is 2. The minimum atomic E-state index is -0.765. The minimum Gasteiger partial charge on any atom is -0.481 e. The van der Waals surface area contributed by atoms with Crippen LogP contribution in [0.3, 0.4) is 0 Å². The normalized spacial score (nSPS) is 10.3. The van der Waals surface area contributed by atoms with Crippen LogP contribution in [-0.2, 0) is 16.1 Å². The van der Waals surface area contributed by atoms with Crippen molar-refractivity contribution in [2.75, 3.05) is 6.61 Å². The van der Waals surface area contributed by atoms with Crippen LogP contribution < -0.4 is 0 Å². The van der Waals surface area contributed by atoms with Crippen LogP contribution in [-0.4, -0.2) is 33.4 Å². The Balaban J connectivity index is 2.27. The first-order valence-electron chi connectivity index (χ1n) is 6.05. The van der Waals surface area contributed by atoms with Crippen LogP contribution in [0, 0.1) is 0 Å². The lowest BCUT2D eigenvalue weighted by Crippen LogP contribution is -2.03. The second-order valence-electron chi connectivity index (χ2n) is 3.92. The van der Waals surface area contributed by atoms with Crippen molar-refractivity contribution >= 4 is 11.9 Å². The van der Waals surface area contributed by atoms with Gasteiger partial charge in [-0.05, 0) is 19.8 Å². The molecule has 0 radical (unpaired) electrons. The minimum absolute atomic E-state index is 0.202. The number of aromatic nitrogens is 2. The smallest absolute Gasteiger partial charge is 0.341 e. The van der Waals surface area contributed by atoms with E-state index >= 15 is 0 Å². The van der Waals surface area contributed by atoms with Gasteiger partial charge in [0.05, 0.1) is 18.4 Å². The summed E-state index contributed by atoms with van der Waals surface area (Å²) < 4.78 is 6.53. The van der Waals surface area contributed by atoms with Crippen molar-refractivity contribution in [1.82, 2.24) is 9.78 Å². The van der Waals surface area contributed by atoms with Gasteiger partial charge in [0.15, 0.2) is 0 Å². The van der Waals surface area contributed by atoms with Gasteiger partial charge >= 0.3 is 11.9 Å². The second-order valence-corrected chi connectivity index (χ2v) is 3.92. The molecule has 100 valence electrons. The first-order chi connectivity index (χ1) is 8.63. The number of unbranched alkanes of at least 4 members (excludes halogenated alkanes) is 2. The van der Waals surface area contributed by atoms with E-state index in [-0.39, 0.29) is 12.4 Å². The molecule has 0 unspecified atom stereocenters. The number of rotatable bonds is 8. The molecule has 6 heteroatoms. The Morgan fingerprint density at radius 3 is 2.83 bits per heavy atom. The van der Waals surface area contributed by atoms with Gasteiger partial charge in [0.25, 0.3) is 0 Å². The summed E-state index contributed by atoms with van der Waals surface area (Å²) in [5, 5.41) is 12.5. The molecule has 1 rings (SSSR count). The fourth-order valence-corrected chi connectivity index (χ4v) is 1.53. The zero-order chi connectivity index (χ0) is 13.4. The predicted molar refractivity (Wildman–Crippen MR) is 64.3 cm³/mol. The van der Waals surface area contributed by atoms with E-state index in [2.05, 4.69) is 5.10 Å². The SMILES string of the molecule is CCOC(=O)c1cnn(CCCCCC(=O)O)c1. The van der Waals surface area contributed by atoms with E-state index in [9.17, 15) is 9.59 Å². The summed E-state index contributed by atoms with van der Waals surface area (Å²) >= 11 is 0. The molecule has 0 aliphatic carbocycles. The van der Waals surface area contributed by atoms with E-state index in [1.54, 1.807) is 17.8 Å². The van der Waals surface area contributed by atoms with Crippen LogP contribution in [0.15, 0.2) is 12.4 Å². The molecule has 0 amide bonds. The zero-order valence-electron chi connectivity index (χ0n) is 10.5. The molecule has 6 nitrogen and oxygen atoms in total. The van der Waals surface area contributed by atoms with Gasteiger partial charge < -0.3 is 9.84 Å². The molecule has 0 fully saturated rings. The van der Waals surface area contributed by atoms with Gasteiger partial charge in [0.2, 0.25) is 0 Å². The largest absolute Gasteiger partial charge is 0.481 e. The fourth-order valence-electron chi connectivity index (χ4n) is 1.53. The van der Waals surface area contributed by atoms with E-state index in [1.807, 2.05) is 0 Å². The van der Waals surface area contributed by atoms with Crippen LogP contribution in [0.25, 0.3) is 0 Å². The van der Waals surface area contributed by atoms with Crippen molar-refractivity contribution in [3.05, 3.63) is 18.0 Å². The number of ether oxygens (including phenoxy) is 1. The van der Waals surface area contributed by atoms with E-state index in [0.717, 1.165) is 12.8 Å². The number of carboxylic acid groups (broad SMARTS) is 1. The number of hydrogen-bond donors (Lipinski definition) is 1. The third-order valence-electron chi connectivity index (χ3n) is 2.42. The van der Waals surface area contributed by atoms with Crippen molar-refractivity contribution < 1.29 is 19.4 Å². The van der Waals surface area contributed by atoms with Gasteiger partial charge in [-0.25, -0.2) is 4.79 Å². The molecule has 0 bridgehead atoms. The maximum atomic E-state index is 11.4. The molecular formula is C12H18N2O4. The number of nitrogens with zero attached hydrogens (tertiary/aromatic N) is 2. The van der Waals surface area contributed by atoms with Gasteiger partial charge in [-0.1, -0.05) is 6.42 Å². The first-order valence-corrected chi connectivity index (χ1v) is 6.05. The monoisotopic (exact) mass is 254 g/mol. The number of aliphatic carboxylic acids is 1. The standard InChI is InChI=1S/C12H18N2O4/c1-2-18-12(17)10-8-13-14(9-10)7-5-3-4-6-11(15)16/h8-9H,2-7H2,1H3,(H,15,16). The lowest BCUT2D eigenvalue weighted by molar-refractivity contribution is -0.137. The van der Waals surface area contributed by atoms with Gasteiger partial charge in [-0.2, -0.15) is 5.10 Å². The van der Waals surface area contributed by atoms with Gasteiger partial charge in [0.1, 0.15) is 0 Å². The molecule has 0 saturated heterocycles. The second kappa shape index (κ2) is 7.47. The number of hydrogen-bond acceptors (Lipinski definition) is 4. The molecule has 0 saturated carbocycles. The lowest BCUT2D eigenvalue weighted by atomic mass is 10.2. The molecule has 1 N–H and O–H groups in total. The Morgan fingerprint density at radius 2 is 2.17 bits per heavy atom. The zero-order valence-corrected chi connectivity index (χ0v) is 10.5. The summed E-state index contributed by atoms with van der Waals surface area (Å²) in [6.07, 6.45) is 5.68. The van der Waals surface area contributed by atoms with Crippen molar-refractivity contribution in [3.8, 4) is 0 Å². The Morgan fingerprint density at radius 1 is 1.39 bits per heavy atom. The quantitative estimate of drug-likeness (QED) is 0.564. The molecule has 1 heterocycles. The van der Waals surface area contributed by atoms with Crippen LogP contribution in [0.1, 0.15) is 43.0 Å². The summed E-state index contributed by atoms with van der Waals surface area (Å²) in [5.74, 6) is -1.13. The van der Waals surface area contributed by atoms with Crippen molar-refractivity contribution in [2.45, 2.75) is 39.2 Å². The van der Waals surface area contributed by atoms with Crippen molar-refractivity contribution in [2.24, 2.45) is 0 Å². The maximum absolute atomic E-state index is 11.4. The fraction of sp³-hybridized carbons (Fsp3) is 0.583. The number of carboxylic acids is 1. The van der Waals surface area contributed by atoms with Gasteiger partial charge in [-0.3, -0.25) is 9.48 Å². The molecule has 0 aliphatic heterocycles. The highest BCUT2D eigenvalue weighted by atomic mass is 16.5. The third kappa shape index (κ3) is 4.99. The Hall–Kier alpha value is -1.85. The van der Waals surface area contributed by atoms with Gasteiger partial charge in [0, 0.05) is 19.2 Å². The van der Waals surface area contributed by atoms with Crippen LogP contribution in [0.5, 0.6) is 0 Å². The van der Waals surface area contributed by atoms with E-state index in [4.69, 9.17) is 9.84 Å². The number of carbonyl (C=O) groups excluding carboxylic acids is 1. The van der Waals surface area contributed by atoms with E-state index in [1.165, 1.54) is 6.20 Å². The predicted octanol–water partition coefficient (Wildman–Crippen LogP) is 1.70. The first kappa shape index (κ1) is 14.2. The summed E-state index contributed by atoms with van der Waals surface area (Å²) in [7, 11) is 0. The highest BCUT2D eigenvalue weighted by molar-refractivity contribution is 5.88. The Kier molecular flexibility index (Phi) is 5.90. The molecule has 1 aromatic rings. The summed E-state index contributed by atoms with van der Waals surface area (Å²) in [6, 6.07) is 0.